The molecule has 0 unspecified atom stereocenters. The third-order valence-corrected chi connectivity index (χ3v) is 5.26. The quantitative estimate of drug-likeness (QED) is 0.707. The first-order chi connectivity index (χ1) is 12.9. The maximum Gasteiger partial charge on any atom is 0.247 e. The average molecular weight is 383 g/mol. The van der Waals surface area contributed by atoms with Crippen LogP contribution in [0.5, 0.6) is 0 Å². The van der Waals surface area contributed by atoms with E-state index in [0.717, 1.165) is 35.1 Å². The Bertz CT molecular complexity index is 989. The van der Waals surface area contributed by atoms with Crippen LogP contribution in [0, 0.1) is 24.1 Å². The molecule has 0 saturated carbocycles. The number of nitrogens with zero attached hydrogens (tertiary/aromatic N) is 1. The Morgan fingerprint density at radius 2 is 2.00 bits per heavy atom. The first-order valence-corrected chi connectivity index (χ1v) is 9.28. The minimum Gasteiger partial charge on any atom is -0.352 e. The van der Waals surface area contributed by atoms with Crippen molar-refractivity contribution < 1.29 is 9.18 Å². The lowest BCUT2D eigenvalue weighted by Crippen LogP contribution is -2.24. The van der Waals surface area contributed by atoms with Crippen LogP contribution >= 0.6 is 11.6 Å². The predicted octanol–water partition coefficient (Wildman–Crippen LogP) is 5.40. The fraction of sp³-hybridized carbons (Fsp3) is 0.273. The van der Waals surface area contributed by atoms with Gasteiger partial charge in [-0.1, -0.05) is 11.6 Å². The van der Waals surface area contributed by atoms with Gasteiger partial charge in [-0.05, 0) is 85.7 Å². The molecule has 1 heterocycles. The molecule has 3 rings (SSSR count). The van der Waals surface area contributed by atoms with E-state index in [9.17, 15) is 14.4 Å². The van der Waals surface area contributed by atoms with Crippen molar-refractivity contribution in [1.82, 2.24) is 5.32 Å². The number of hydrogen-bond donors (Lipinski definition) is 1. The first kappa shape index (κ1) is 19.1. The van der Waals surface area contributed by atoms with Crippen molar-refractivity contribution in [2.24, 2.45) is 0 Å². The van der Waals surface area contributed by atoms with Gasteiger partial charge in [0.15, 0.2) is 0 Å². The van der Waals surface area contributed by atoms with Crippen molar-refractivity contribution in [2.75, 3.05) is 6.54 Å². The van der Waals surface area contributed by atoms with Gasteiger partial charge in [0.1, 0.15) is 5.82 Å². The molecule has 0 atom stereocenters. The summed E-state index contributed by atoms with van der Waals surface area (Å²) in [6, 6.07) is 10.1. The number of nitriles is 1. The lowest BCUT2D eigenvalue weighted by atomic mass is 9.88. The summed E-state index contributed by atoms with van der Waals surface area (Å²) < 4.78 is 14.5. The Hall–Kier alpha value is -2.64. The molecule has 0 radical (unpaired) electrons. The second kappa shape index (κ2) is 7.94. The molecule has 2 aromatic carbocycles. The molecular weight excluding hydrogens is 363 g/mol. The van der Waals surface area contributed by atoms with E-state index in [-0.39, 0.29) is 5.91 Å². The second-order valence-electron chi connectivity index (χ2n) is 6.75. The van der Waals surface area contributed by atoms with E-state index in [1.165, 1.54) is 6.07 Å². The predicted molar refractivity (Wildman–Crippen MR) is 106 cm³/mol. The Morgan fingerprint density at radius 3 is 2.70 bits per heavy atom. The molecule has 1 amide bonds. The summed E-state index contributed by atoms with van der Waals surface area (Å²) in [6.45, 7) is 4.46. The lowest BCUT2D eigenvalue weighted by Gasteiger charge is -2.16. The summed E-state index contributed by atoms with van der Waals surface area (Å²) in [5, 5.41) is 12.7. The van der Waals surface area contributed by atoms with Gasteiger partial charge in [-0.2, -0.15) is 5.26 Å². The maximum absolute atomic E-state index is 14.5. The molecule has 138 valence electrons. The van der Waals surface area contributed by atoms with E-state index in [1.807, 2.05) is 13.8 Å². The van der Waals surface area contributed by atoms with Gasteiger partial charge in [0.25, 0.3) is 0 Å². The zero-order valence-electron chi connectivity index (χ0n) is 15.3. The van der Waals surface area contributed by atoms with E-state index in [4.69, 9.17) is 11.6 Å². The molecule has 1 aliphatic heterocycles. The summed E-state index contributed by atoms with van der Waals surface area (Å²) in [7, 11) is 0. The number of benzene rings is 2. The van der Waals surface area contributed by atoms with Crippen molar-refractivity contribution in [3.8, 4) is 17.2 Å². The van der Waals surface area contributed by atoms with E-state index in [0.29, 0.717) is 34.7 Å². The van der Waals surface area contributed by atoms with Gasteiger partial charge in [-0.3, -0.25) is 4.79 Å². The van der Waals surface area contributed by atoms with Gasteiger partial charge in [0.05, 0.1) is 11.6 Å². The second-order valence-corrected chi connectivity index (χ2v) is 7.19. The van der Waals surface area contributed by atoms with Gasteiger partial charge in [-0.25, -0.2) is 4.39 Å². The Labute approximate surface area is 163 Å². The van der Waals surface area contributed by atoms with Gasteiger partial charge < -0.3 is 5.32 Å². The van der Waals surface area contributed by atoms with Crippen molar-refractivity contribution in [3.05, 3.63) is 63.4 Å². The zero-order chi connectivity index (χ0) is 19.6. The molecule has 2 aromatic rings. The standard InChI is InChI=1S/C22H20ClFN2O/c1-13(17-5-3-4-8-26-22(17)27)19-9-15(12-25)10-20(14(19)2)18-7-6-16(23)11-21(18)24/h6-7,9-11H,3-5,8H2,1-2H3,(H,26,27)/b17-13+. The molecule has 5 heteroatoms. The molecule has 1 aliphatic rings. The monoisotopic (exact) mass is 382 g/mol. The summed E-state index contributed by atoms with van der Waals surface area (Å²) in [5.41, 5.74) is 4.63. The number of allylic oxidation sites excluding steroid dienone is 1. The van der Waals surface area contributed by atoms with Crippen LogP contribution in [0.25, 0.3) is 16.7 Å². The van der Waals surface area contributed by atoms with Crippen molar-refractivity contribution in [2.45, 2.75) is 33.1 Å². The highest BCUT2D eigenvalue weighted by atomic mass is 35.5. The van der Waals surface area contributed by atoms with Crippen LogP contribution in [-0.2, 0) is 4.79 Å². The molecule has 0 bridgehead atoms. The van der Waals surface area contributed by atoms with Crippen LogP contribution in [0.2, 0.25) is 5.02 Å². The van der Waals surface area contributed by atoms with Crippen molar-refractivity contribution >= 4 is 23.1 Å². The van der Waals surface area contributed by atoms with Crippen LogP contribution in [0.15, 0.2) is 35.9 Å². The van der Waals surface area contributed by atoms with E-state index < -0.39 is 5.82 Å². The van der Waals surface area contributed by atoms with Crippen LogP contribution in [0.3, 0.4) is 0 Å². The summed E-state index contributed by atoms with van der Waals surface area (Å²) in [5.74, 6) is -0.505. The number of hydrogen-bond acceptors (Lipinski definition) is 2. The Morgan fingerprint density at radius 1 is 1.22 bits per heavy atom. The highest BCUT2D eigenvalue weighted by Crippen LogP contribution is 2.35. The van der Waals surface area contributed by atoms with Crippen LogP contribution in [0.1, 0.15) is 42.9 Å². The number of carbonyl (C=O) groups is 1. The number of nitrogens with one attached hydrogen (secondary N) is 1. The summed E-state index contributed by atoms with van der Waals surface area (Å²) in [6.07, 6.45) is 2.57. The molecule has 0 aliphatic carbocycles. The zero-order valence-corrected chi connectivity index (χ0v) is 16.1. The first-order valence-electron chi connectivity index (χ1n) is 8.91. The number of rotatable bonds is 2. The average Bonchev–Trinajstić information content (AvgIpc) is 2.86. The van der Waals surface area contributed by atoms with Crippen LogP contribution in [-0.4, -0.2) is 12.5 Å². The highest BCUT2D eigenvalue weighted by molar-refractivity contribution is 6.30. The molecule has 27 heavy (non-hydrogen) atoms. The van der Waals surface area contributed by atoms with Gasteiger partial charge in [0.2, 0.25) is 5.91 Å². The van der Waals surface area contributed by atoms with E-state index in [2.05, 4.69) is 11.4 Å². The molecule has 1 saturated heterocycles. The van der Waals surface area contributed by atoms with E-state index in [1.54, 1.807) is 24.3 Å². The molecular formula is C22H20ClFN2O. The summed E-state index contributed by atoms with van der Waals surface area (Å²) in [4.78, 5) is 12.4. The smallest absolute Gasteiger partial charge is 0.247 e. The van der Waals surface area contributed by atoms with Gasteiger partial charge in [-0.15, -0.1) is 0 Å². The topological polar surface area (TPSA) is 52.9 Å². The number of carbonyl (C=O) groups excluding carboxylic acids is 1. The highest BCUT2D eigenvalue weighted by Gasteiger charge is 2.20. The molecule has 0 aromatic heterocycles. The van der Waals surface area contributed by atoms with Crippen molar-refractivity contribution in [1.29, 1.82) is 5.26 Å². The fourth-order valence-corrected chi connectivity index (χ4v) is 3.68. The maximum atomic E-state index is 14.5. The van der Waals surface area contributed by atoms with Gasteiger partial charge >= 0.3 is 0 Å². The molecule has 1 N–H and O–H groups in total. The molecule has 0 spiro atoms. The van der Waals surface area contributed by atoms with E-state index >= 15 is 0 Å². The van der Waals surface area contributed by atoms with Crippen LogP contribution < -0.4 is 5.32 Å². The number of amides is 1. The minimum absolute atomic E-state index is 0.0639. The summed E-state index contributed by atoms with van der Waals surface area (Å²) >= 11 is 5.87. The SMILES string of the molecule is C/C(=C1/CCCCNC1=O)c1cc(C#N)cc(-c2ccc(Cl)cc2F)c1C. The lowest BCUT2D eigenvalue weighted by molar-refractivity contribution is -0.117. The Kier molecular flexibility index (Phi) is 5.62. The Balaban J connectivity index is 2.22. The number of halogens is 2. The third kappa shape index (κ3) is 3.89. The largest absolute Gasteiger partial charge is 0.352 e. The normalized spacial score (nSPS) is 16.3. The minimum atomic E-state index is -0.441. The van der Waals surface area contributed by atoms with Crippen LogP contribution in [0.4, 0.5) is 4.39 Å². The van der Waals surface area contributed by atoms with Crippen molar-refractivity contribution in [3.63, 3.8) is 0 Å². The fourth-order valence-electron chi connectivity index (χ4n) is 3.53. The van der Waals surface area contributed by atoms with Gasteiger partial charge in [0, 0.05) is 22.7 Å². The third-order valence-electron chi connectivity index (χ3n) is 5.03. The molecule has 1 fully saturated rings. The molecule has 3 nitrogen and oxygen atoms in total.